The minimum Gasteiger partial charge on any atom is -0.504 e. The van der Waals surface area contributed by atoms with Gasteiger partial charge >= 0.3 is 0 Å². The van der Waals surface area contributed by atoms with Crippen LogP contribution in [0.15, 0.2) is 18.2 Å². The number of anilines is 1. The van der Waals surface area contributed by atoms with Gasteiger partial charge in [0.15, 0.2) is 11.5 Å². The zero-order valence-electron chi connectivity index (χ0n) is 11.1. The number of carbonyl (C=O) groups excluding carboxylic acids is 1. The van der Waals surface area contributed by atoms with Crippen LogP contribution < -0.4 is 15.8 Å². The van der Waals surface area contributed by atoms with Crippen molar-refractivity contribution in [3.63, 3.8) is 0 Å². The molecule has 0 aliphatic heterocycles. The number of benzene rings is 1. The van der Waals surface area contributed by atoms with E-state index in [4.69, 9.17) is 10.5 Å². The summed E-state index contributed by atoms with van der Waals surface area (Å²) in [5.41, 5.74) is 6.45. The van der Waals surface area contributed by atoms with Gasteiger partial charge in [-0.15, -0.1) is 0 Å². The van der Waals surface area contributed by atoms with Crippen LogP contribution in [0.2, 0.25) is 0 Å². The molecule has 0 radical (unpaired) electrons. The molecule has 1 aliphatic carbocycles. The lowest BCUT2D eigenvalue weighted by atomic mass is 9.85. The van der Waals surface area contributed by atoms with Gasteiger partial charge in [-0.25, -0.2) is 0 Å². The first kappa shape index (κ1) is 13.7. The number of phenolic OH excluding ortho intramolecular Hbond substituents is 1. The van der Waals surface area contributed by atoms with E-state index in [1.807, 2.05) is 0 Å². The molecule has 1 fully saturated rings. The van der Waals surface area contributed by atoms with Crippen LogP contribution in [0.25, 0.3) is 0 Å². The highest BCUT2D eigenvalue weighted by atomic mass is 16.5. The first-order valence-electron chi connectivity index (χ1n) is 6.53. The van der Waals surface area contributed by atoms with Gasteiger partial charge in [0.1, 0.15) is 0 Å². The van der Waals surface area contributed by atoms with E-state index in [0.29, 0.717) is 11.4 Å². The topological polar surface area (TPSA) is 84.6 Å². The average molecular weight is 264 g/mol. The Morgan fingerprint density at radius 3 is 2.89 bits per heavy atom. The van der Waals surface area contributed by atoms with E-state index in [1.54, 1.807) is 12.1 Å². The Morgan fingerprint density at radius 1 is 1.47 bits per heavy atom. The van der Waals surface area contributed by atoms with Crippen molar-refractivity contribution < 1.29 is 14.6 Å². The SMILES string of the molecule is COc1ccc(NC(=O)C2CCCC(N)C2)cc1O. The molecule has 5 heteroatoms. The molecule has 1 aliphatic rings. The lowest BCUT2D eigenvalue weighted by Gasteiger charge is -2.25. The van der Waals surface area contributed by atoms with Crippen molar-refractivity contribution in [3.05, 3.63) is 18.2 Å². The number of aromatic hydroxyl groups is 1. The molecular weight excluding hydrogens is 244 g/mol. The number of hydrogen-bond donors (Lipinski definition) is 3. The van der Waals surface area contributed by atoms with Gasteiger partial charge < -0.3 is 20.9 Å². The molecule has 1 aromatic carbocycles. The van der Waals surface area contributed by atoms with Gasteiger partial charge in [0.05, 0.1) is 7.11 Å². The Bertz CT molecular complexity index is 462. The molecule has 1 aromatic rings. The van der Waals surface area contributed by atoms with E-state index in [-0.39, 0.29) is 23.6 Å². The van der Waals surface area contributed by atoms with Gasteiger partial charge in [0.2, 0.25) is 5.91 Å². The van der Waals surface area contributed by atoms with Crippen molar-refractivity contribution in [2.45, 2.75) is 31.7 Å². The van der Waals surface area contributed by atoms with E-state index in [2.05, 4.69) is 5.32 Å². The third kappa shape index (κ3) is 3.38. The molecule has 19 heavy (non-hydrogen) atoms. The summed E-state index contributed by atoms with van der Waals surface area (Å²) in [7, 11) is 1.48. The molecule has 0 spiro atoms. The molecule has 1 amide bonds. The van der Waals surface area contributed by atoms with Crippen molar-refractivity contribution >= 4 is 11.6 Å². The second-order valence-electron chi connectivity index (χ2n) is 5.00. The minimum atomic E-state index is -0.0343. The smallest absolute Gasteiger partial charge is 0.227 e. The highest BCUT2D eigenvalue weighted by molar-refractivity contribution is 5.92. The average Bonchev–Trinajstić information content (AvgIpc) is 2.39. The van der Waals surface area contributed by atoms with Gasteiger partial charge in [0, 0.05) is 23.7 Å². The maximum Gasteiger partial charge on any atom is 0.227 e. The largest absolute Gasteiger partial charge is 0.504 e. The fourth-order valence-corrected chi connectivity index (χ4v) is 2.48. The van der Waals surface area contributed by atoms with Gasteiger partial charge in [0.25, 0.3) is 0 Å². The number of nitrogens with two attached hydrogens (primary N) is 1. The van der Waals surface area contributed by atoms with Gasteiger partial charge in [-0.1, -0.05) is 6.42 Å². The quantitative estimate of drug-likeness (QED) is 0.778. The molecule has 2 unspecified atom stereocenters. The van der Waals surface area contributed by atoms with E-state index in [0.717, 1.165) is 25.7 Å². The fraction of sp³-hybridized carbons (Fsp3) is 0.500. The highest BCUT2D eigenvalue weighted by Gasteiger charge is 2.25. The second kappa shape index (κ2) is 5.93. The maximum atomic E-state index is 12.1. The van der Waals surface area contributed by atoms with Crippen LogP contribution in [0, 0.1) is 5.92 Å². The molecule has 0 saturated heterocycles. The molecule has 0 heterocycles. The van der Waals surface area contributed by atoms with E-state index in [1.165, 1.54) is 13.2 Å². The summed E-state index contributed by atoms with van der Waals surface area (Å²) in [6.45, 7) is 0. The van der Waals surface area contributed by atoms with Crippen LogP contribution in [0.4, 0.5) is 5.69 Å². The number of phenols is 1. The maximum absolute atomic E-state index is 12.1. The molecule has 104 valence electrons. The number of ether oxygens (including phenoxy) is 1. The zero-order chi connectivity index (χ0) is 13.8. The summed E-state index contributed by atoms with van der Waals surface area (Å²) in [4.78, 5) is 12.1. The number of hydrogen-bond acceptors (Lipinski definition) is 4. The van der Waals surface area contributed by atoms with Crippen molar-refractivity contribution in [1.82, 2.24) is 0 Å². The normalized spacial score (nSPS) is 22.8. The summed E-state index contributed by atoms with van der Waals surface area (Å²) in [6.07, 6.45) is 3.59. The van der Waals surface area contributed by atoms with Crippen molar-refractivity contribution in [2.24, 2.45) is 11.7 Å². The number of nitrogens with one attached hydrogen (secondary N) is 1. The second-order valence-corrected chi connectivity index (χ2v) is 5.00. The molecule has 1 saturated carbocycles. The Labute approximate surface area is 112 Å². The highest BCUT2D eigenvalue weighted by Crippen LogP contribution is 2.30. The summed E-state index contributed by atoms with van der Waals surface area (Å²) in [5.74, 6) is 0.339. The summed E-state index contributed by atoms with van der Waals surface area (Å²) in [5, 5.41) is 12.5. The van der Waals surface area contributed by atoms with Crippen LogP contribution in [0.5, 0.6) is 11.5 Å². The number of amides is 1. The monoisotopic (exact) mass is 264 g/mol. The number of carbonyl (C=O) groups is 1. The number of rotatable bonds is 3. The molecule has 2 atom stereocenters. The molecule has 0 bridgehead atoms. The van der Waals surface area contributed by atoms with Gasteiger partial charge in [-0.3, -0.25) is 4.79 Å². The van der Waals surface area contributed by atoms with Gasteiger partial charge in [-0.2, -0.15) is 0 Å². The third-order valence-electron chi connectivity index (χ3n) is 3.53. The zero-order valence-corrected chi connectivity index (χ0v) is 11.1. The Balaban J connectivity index is 2.00. The summed E-state index contributed by atoms with van der Waals surface area (Å²) < 4.78 is 4.96. The van der Waals surface area contributed by atoms with Crippen molar-refractivity contribution in [1.29, 1.82) is 0 Å². The van der Waals surface area contributed by atoms with E-state index < -0.39 is 0 Å². The third-order valence-corrected chi connectivity index (χ3v) is 3.53. The van der Waals surface area contributed by atoms with E-state index in [9.17, 15) is 9.90 Å². The van der Waals surface area contributed by atoms with Crippen molar-refractivity contribution in [3.8, 4) is 11.5 Å². The van der Waals surface area contributed by atoms with Crippen LogP contribution in [0.3, 0.4) is 0 Å². The predicted molar refractivity (Wildman–Crippen MR) is 73.2 cm³/mol. The Hall–Kier alpha value is -1.75. The van der Waals surface area contributed by atoms with Crippen LogP contribution in [0.1, 0.15) is 25.7 Å². The van der Waals surface area contributed by atoms with Crippen molar-refractivity contribution in [2.75, 3.05) is 12.4 Å². The summed E-state index contributed by atoms with van der Waals surface area (Å²) >= 11 is 0. The lowest BCUT2D eigenvalue weighted by molar-refractivity contribution is -0.120. The number of methoxy groups -OCH3 is 1. The molecule has 5 nitrogen and oxygen atoms in total. The summed E-state index contributed by atoms with van der Waals surface area (Å²) in [6, 6.07) is 4.93. The molecule has 4 N–H and O–H groups in total. The lowest BCUT2D eigenvalue weighted by Crippen LogP contribution is -2.34. The fourth-order valence-electron chi connectivity index (χ4n) is 2.48. The minimum absolute atomic E-state index is 0.0145. The molecule has 0 aromatic heterocycles. The first-order valence-corrected chi connectivity index (χ1v) is 6.53. The first-order chi connectivity index (χ1) is 9.10. The van der Waals surface area contributed by atoms with Crippen LogP contribution in [-0.4, -0.2) is 24.2 Å². The van der Waals surface area contributed by atoms with Crippen LogP contribution >= 0.6 is 0 Å². The molecular formula is C14H20N2O3. The Kier molecular flexibility index (Phi) is 4.27. The Morgan fingerprint density at radius 2 is 2.26 bits per heavy atom. The standard InChI is InChI=1S/C14H20N2O3/c1-19-13-6-5-11(8-12(13)17)16-14(18)9-3-2-4-10(15)7-9/h5-6,8-10,17H,2-4,7,15H2,1H3,(H,16,18). The van der Waals surface area contributed by atoms with Gasteiger partial charge in [-0.05, 0) is 31.4 Å². The predicted octanol–water partition coefficient (Wildman–Crippen LogP) is 1.86. The molecule has 2 rings (SSSR count). The van der Waals surface area contributed by atoms with Crippen LogP contribution in [-0.2, 0) is 4.79 Å². The van der Waals surface area contributed by atoms with E-state index >= 15 is 0 Å².